The van der Waals surface area contributed by atoms with E-state index in [1.54, 1.807) is 0 Å². The number of likely N-dealkylation sites (N-methyl/N-ethyl adjacent to an activating group) is 2. The lowest BCUT2D eigenvalue weighted by Crippen LogP contribution is -2.44. The highest BCUT2D eigenvalue weighted by molar-refractivity contribution is 9.38. The number of allylic oxidation sites excluding steroid dienone is 1. The minimum Gasteiger partial charge on any atom is -0.411 e. The van der Waals surface area contributed by atoms with Crippen molar-refractivity contribution in [1.29, 1.82) is 0 Å². The molecule has 7 nitrogen and oxygen atoms in total. The van der Waals surface area contributed by atoms with E-state index in [9.17, 15) is 14.7 Å². The fraction of sp³-hybridized carbons (Fsp3) is 0.787. The Hall–Kier alpha value is 15.8. The molecule has 2 aliphatic rings. The minimum absolute atomic E-state index is 0.00208. The number of nitrogens with zero attached hydrogens (tertiary/aromatic N) is 2. The third-order valence-electron chi connectivity index (χ3n) is 16.2. The van der Waals surface area contributed by atoms with Gasteiger partial charge in [-0.1, -0.05) is 144 Å². The standard InChI is InChI=1S/C24H45NO2Si.C23H43NO3Si.H23P21.H22P20/c1-10-14-19(2)23-20(3)17-18-21(27-28(8,9)24(4,5)6)15-12-11-13-16-22(26)25(23)7;1-18-14-15-20(27-28(7,8)23(3,4)5)12-10-9-11-13-21(26)24(6)22(18)19(2)16-17-25;1-12-18(13(2)3)21(19(14(4)5)15(6)7)20(16(8)9)17(10)11;1-12(2)17(11)20(18(13(3)4)14(5)6)19(15(7)8)16(9)10/h14,17-18,20-21,23H,10-13,15-16H2,1-9H3;14-16,18,20,22,25H,9-13,17H2,1-8H3;12H,1-11H2;1-11H2. The predicted molar refractivity (Wildman–Crippen MR) is 591 cm³/mol. The normalized spacial score (nSPS) is 21.9. The minimum atomic E-state index is -1.84. The van der Waals surface area contributed by atoms with Crippen molar-refractivity contribution in [2.45, 2.75) is 207 Å². The van der Waals surface area contributed by atoms with Crippen LogP contribution in [-0.4, -0.2) is 88.3 Å². The van der Waals surface area contributed by atoms with Crippen molar-refractivity contribution in [3.63, 3.8) is 0 Å². The molecule has 2 rings (SSSR count). The zero-order chi connectivity index (χ0) is 76.2. The van der Waals surface area contributed by atoms with Crippen LogP contribution < -0.4 is 0 Å². The number of amides is 2. The number of carbonyl (C=O) groups is 2. The maximum atomic E-state index is 12.7. The fourth-order valence-electron chi connectivity index (χ4n) is 9.40. The number of carbonyl (C=O) groups excluding carboxylic acids is 2. The van der Waals surface area contributed by atoms with E-state index in [-0.39, 0.29) is 190 Å². The van der Waals surface area contributed by atoms with E-state index in [0.717, 1.165) is 71.3 Å². The molecule has 0 fully saturated rings. The molecule has 2 amide bonds. The molecule has 0 bridgehead atoms. The maximum absolute atomic E-state index is 12.7. The molecular formula is C47H133N2O5P41Si2. The Balaban J connectivity index is 0. The fourth-order valence-corrected chi connectivity index (χ4v) is 491. The Bertz CT molecular complexity index is 2150. The highest BCUT2D eigenvalue weighted by Crippen LogP contribution is 3.32. The molecule has 0 saturated carbocycles. The SMILES string of the molecule is CC(=CCO)C1C(C)C=CC(O[Si](C)(C)C(C)(C)C)CCCCCC(=O)N1C.CCC=C(C)C1C(C)C=CC(O[Si](C)(C)C(C)(C)C)CCCCCC(=O)N1C.PP(P)P(P)P(P(P(P)P)P(P)P)P(P(P)P)P(P)P.PPP(P(P)P)P(P(P(P)P)P(P)P)P(P(P)P)P(P)P. The maximum Gasteiger partial charge on any atom is 0.222 e. The Morgan fingerprint density at radius 2 is 0.794 bits per heavy atom. The molecule has 574 valence electrons. The first-order valence-electron chi connectivity index (χ1n) is 31.1. The number of aliphatic hydroxyl groups excluding tert-OH is 1. The lowest BCUT2D eigenvalue weighted by Gasteiger charge is -2.46. The molecule has 50 heteroatoms. The van der Waals surface area contributed by atoms with Crippen molar-refractivity contribution in [2.24, 2.45) is 11.8 Å². The second kappa shape index (κ2) is 60.4. The summed E-state index contributed by atoms with van der Waals surface area (Å²) in [5.74, 6) is 0.873. The molecule has 2 aliphatic heterocycles. The molecule has 0 saturated heterocycles. The smallest absolute Gasteiger partial charge is 0.222 e. The van der Waals surface area contributed by atoms with Crippen LogP contribution in [0.25, 0.3) is 0 Å². The summed E-state index contributed by atoms with van der Waals surface area (Å²) in [6.45, 7) is 35.2. The van der Waals surface area contributed by atoms with Gasteiger partial charge in [-0.05, 0) is 220 Å². The van der Waals surface area contributed by atoms with E-state index < -0.39 is 16.6 Å². The van der Waals surface area contributed by atoms with Gasteiger partial charge in [0.15, 0.2) is 16.6 Å². The molecule has 31 unspecified atom stereocenters. The molecule has 0 aromatic heterocycles. The van der Waals surface area contributed by atoms with Crippen molar-refractivity contribution in [3.05, 3.63) is 47.6 Å². The monoisotopic (exact) mass is 2130 g/mol. The molecule has 0 spiro atoms. The highest BCUT2D eigenvalue weighted by Gasteiger charge is 2.45. The zero-order valence-corrected chi connectivity index (χ0v) is 105. The van der Waals surface area contributed by atoms with Crippen LogP contribution in [0, 0.1) is 11.8 Å². The van der Waals surface area contributed by atoms with E-state index in [2.05, 4.69) is 322 Å². The van der Waals surface area contributed by atoms with Gasteiger partial charge in [0, 0.05) is 26.9 Å². The van der Waals surface area contributed by atoms with E-state index in [1.165, 1.54) is 5.57 Å². The topological polar surface area (TPSA) is 79.3 Å². The van der Waals surface area contributed by atoms with Crippen LogP contribution >= 0.6 is 330 Å². The average Bonchev–Trinajstić information content (AvgIpc) is 0.826. The van der Waals surface area contributed by atoms with Gasteiger partial charge in [-0.3, -0.25) is 9.59 Å². The first-order chi connectivity index (χ1) is 44.4. The summed E-state index contributed by atoms with van der Waals surface area (Å²) in [7, 11) is 70.8. The Morgan fingerprint density at radius 3 is 1.04 bits per heavy atom. The van der Waals surface area contributed by atoms with Crippen LogP contribution in [0.5, 0.6) is 0 Å². The Kier molecular flexibility index (Phi) is 71.5. The van der Waals surface area contributed by atoms with E-state index in [4.69, 9.17) is 8.85 Å². The van der Waals surface area contributed by atoms with Crippen molar-refractivity contribution >= 4 is 359 Å². The van der Waals surface area contributed by atoms with Crippen LogP contribution in [0.2, 0.25) is 36.3 Å². The first kappa shape index (κ1) is 115. The van der Waals surface area contributed by atoms with Gasteiger partial charge in [0.2, 0.25) is 11.8 Å². The summed E-state index contributed by atoms with van der Waals surface area (Å²) in [6, 6.07) is 0.0838. The van der Waals surface area contributed by atoms with Gasteiger partial charge >= 0.3 is 0 Å². The number of hydrogen-bond donors (Lipinski definition) is 1. The van der Waals surface area contributed by atoms with Crippen LogP contribution in [0.15, 0.2) is 47.6 Å². The van der Waals surface area contributed by atoms with Crippen LogP contribution in [0.1, 0.15) is 147 Å². The van der Waals surface area contributed by atoms with E-state index >= 15 is 0 Å². The third kappa shape index (κ3) is 44.7. The largest absolute Gasteiger partial charge is 0.411 e. The third-order valence-corrected chi connectivity index (χ3v) is 283. The first-order valence-corrected chi connectivity index (χ1v) is 110. The summed E-state index contributed by atoms with van der Waals surface area (Å²) >= 11 is 0. The number of aliphatic hydroxyl groups is 1. The van der Waals surface area contributed by atoms with Gasteiger partial charge in [-0.2, -0.15) is 0 Å². The van der Waals surface area contributed by atoms with Crippen molar-refractivity contribution in [3.8, 4) is 0 Å². The predicted octanol–water partition coefficient (Wildman–Crippen LogP) is 35.3. The summed E-state index contributed by atoms with van der Waals surface area (Å²) in [4.78, 5) is 29.2. The number of rotatable bonds is 25. The summed E-state index contributed by atoms with van der Waals surface area (Å²) < 4.78 is 13.4. The number of hydrogen-bond acceptors (Lipinski definition) is 5. The summed E-state index contributed by atoms with van der Waals surface area (Å²) in [6.07, 6.45) is 23.9. The molecule has 0 aromatic carbocycles. The zero-order valence-electron chi connectivity index (χ0n) is 60.6. The average molecular weight is 2130 g/mol. The van der Waals surface area contributed by atoms with Gasteiger partial charge in [0.25, 0.3) is 0 Å². The molecule has 97 heavy (non-hydrogen) atoms. The highest BCUT2D eigenvalue weighted by atomic mass is 33.4. The van der Waals surface area contributed by atoms with Crippen molar-refractivity contribution in [1.82, 2.24) is 9.80 Å². The Morgan fingerprint density at radius 1 is 0.495 bits per heavy atom. The van der Waals surface area contributed by atoms with Crippen LogP contribution in [0.3, 0.4) is 0 Å². The quantitative estimate of drug-likeness (QED) is 0.0560. The van der Waals surface area contributed by atoms with Crippen LogP contribution in [0.4, 0.5) is 0 Å². The van der Waals surface area contributed by atoms with E-state index in [1.807, 2.05) is 36.9 Å². The Labute approximate surface area is 672 Å². The molecule has 0 radical (unpaired) electrons. The molecule has 1 N–H and O–H groups in total. The van der Waals surface area contributed by atoms with Crippen molar-refractivity contribution < 1.29 is 23.5 Å². The van der Waals surface area contributed by atoms with Gasteiger partial charge in [-0.15, -0.1) is 196 Å². The van der Waals surface area contributed by atoms with Gasteiger partial charge < -0.3 is 23.8 Å². The second-order valence-electron chi connectivity index (χ2n) is 26.1. The summed E-state index contributed by atoms with van der Waals surface area (Å²) in [5.41, 5.74) is 2.32. The molecule has 0 aromatic rings. The van der Waals surface area contributed by atoms with Gasteiger partial charge in [-0.25, -0.2) is 0 Å². The lowest BCUT2D eigenvalue weighted by atomic mass is 9.91. The molecular weight excluding hydrogens is 2000 g/mol. The molecule has 0 aliphatic carbocycles. The van der Waals surface area contributed by atoms with E-state index in [0.29, 0.717) is 12.8 Å². The van der Waals surface area contributed by atoms with Crippen LogP contribution in [-0.2, 0) is 18.4 Å². The second-order valence-corrected chi connectivity index (χ2v) is 195. The molecule has 2 heterocycles. The van der Waals surface area contributed by atoms with Gasteiger partial charge in [0.1, 0.15) is 0 Å². The van der Waals surface area contributed by atoms with Crippen molar-refractivity contribution in [2.75, 3.05) is 20.7 Å². The lowest BCUT2D eigenvalue weighted by molar-refractivity contribution is -0.132. The molecule has 31 atom stereocenters. The van der Waals surface area contributed by atoms with Gasteiger partial charge in [0.05, 0.1) is 30.9 Å². The summed E-state index contributed by atoms with van der Waals surface area (Å²) in [5, 5.41) is 9.75.